The summed E-state index contributed by atoms with van der Waals surface area (Å²) < 4.78 is 5.42. The highest BCUT2D eigenvalue weighted by Gasteiger charge is 2.23. The van der Waals surface area contributed by atoms with E-state index in [-0.39, 0.29) is 29.9 Å². The Bertz CT molecular complexity index is 877. The molecule has 1 amide bonds. The number of carbonyl (C=O) groups excluding carboxylic acids is 1. The second-order valence-electron chi connectivity index (χ2n) is 7.94. The van der Waals surface area contributed by atoms with Gasteiger partial charge in [0.05, 0.1) is 6.54 Å². The van der Waals surface area contributed by atoms with E-state index >= 15 is 0 Å². The van der Waals surface area contributed by atoms with Crippen LogP contribution in [0, 0.1) is 5.92 Å². The molecule has 32 heavy (non-hydrogen) atoms. The highest BCUT2D eigenvalue weighted by molar-refractivity contribution is 14.0. The van der Waals surface area contributed by atoms with Crippen molar-refractivity contribution in [3.63, 3.8) is 0 Å². The number of amides is 1. The van der Waals surface area contributed by atoms with E-state index in [4.69, 9.17) is 9.52 Å². The molecule has 1 aromatic carbocycles. The van der Waals surface area contributed by atoms with Crippen LogP contribution in [-0.2, 0) is 17.8 Å². The first kappa shape index (κ1) is 26.1. The van der Waals surface area contributed by atoms with E-state index in [9.17, 15) is 4.79 Å². The van der Waals surface area contributed by atoms with Crippen molar-refractivity contribution < 1.29 is 9.32 Å². The smallest absolute Gasteiger partial charge is 0.257 e. The predicted molar refractivity (Wildman–Crippen MR) is 137 cm³/mol. The van der Waals surface area contributed by atoms with Crippen molar-refractivity contribution in [1.82, 2.24) is 25.7 Å². The molecule has 2 heterocycles. The number of nitrogens with one attached hydrogen (secondary N) is 2. The Kier molecular flexibility index (Phi) is 10.9. The standard InChI is InChI=1S/C23H34N6O2.HI/c1-4-7-20-27-22(31-28-20)19-9-6-8-18(14-19)16-26-23(25-5-2)29-12-10-17(11-13-29)15-21(30)24-3;/h6,8-9,14,17H,4-5,7,10-13,15-16H2,1-3H3,(H,24,30)(H,25,26);1H. The summed E-state index contributed by atoms with van der Waals surface area (Å²) in [6.07, 6.45) is 4.43. The molecule has 1 aromatic heterocycles. The van der Waals surface area contributed by atoms with Crippen molar-refractivity contribution >= 4 is 35.8 Å². The van der Waals surface area contributed by atoms with E-state index in [1.165, 1.54) is 0 Å². The number of aromatic nitrogens is 2. The fraction of sp³-hybridized carbons (Fsp3) is 0.565. The van der Waals surface area contributed by atoms with Crippen molar-refractivity contribution in [3.05, 3.63) is 35.7 Å². The number of carbonyl (C=O) groups is 1. The summed E-state index contributed by atoms with van der Waals surface area (Å²) in [7, 11) is 1.70. The maximum atomic E-state index is 11.6. The van der Waals surface area contributed by atoms with E-state index in [1.807, 2.05) is 12.1 Å². The maximum Gasteiger partial charge on any atom is 0.257 e. The quantitative estimate of drug-likeness (QED) is 0.294. The van der Waals surface area contributed by atoms with Crippen molar-refractivity contribution in [2.24, 2.45) is 10.9 Å². The fourth-order valence-corrected chi connectivity index (χ4v) is 3.80. The molecule has 0 bridgehead atoms. The number of guanidine groups is 1. The molecule has 0 radical (unpaired) electrons. The number of hydrogen-bond donors (Lipinski definition) is 2. The topological polar surface area (TPSA) is 95.7 Å². The van der Waals surface area contributed by atoms with Gasteiger partial charge in [-0.1, -0.05) is 24.2 Å². The largest absolute Gasteiger partial charge is 0.359 e. The Hall–Kier alpha value is -2.17. The van der Waals surface area contributed by atoms with Crippen LogP contribution in [0.15, 0.2) is 33.8 Å². The lowest BCUT2D eigenvalue weighted by molar-refractivity contribution is -0.121. The number of hydrogen-bond acceptors (Lipinski definition) is 5. The van der Waals surface area contributed by atoms with Gasteiger partial charge in [0.1, 0.15) is 0 Å². The minimum Gasteiger partial charge on any atom is -0.359 e. The van der Waals surface area contributed by atoms with Gasteiger partial charge in [-0.15, -0.1) is 24.0 Å². The Morgan fingerprint density at radius 1 is 1.28 bits per heavy atom. The minimum absolute atomic E-state index is 0. The molecular formula is C23H35IN6O2. The van der Waals surface area contributed by atoms with Gasteiger partial charge >= 0.3 is 0 Å². The van der Waals surface area contributed by atoms with Crippen LogP contribution in [0.3, 0.4) is 0 Å². The average Bonchev–Trinajstić information content (AvgIpc) is 3.26. The minimum atomic E-state index is 0. The molecule has 3 rings (SSSR count). The third-order valence-electron chi connectivity index (χ3n) is 5.53. The summed E-state index contributed by atoms with van der Waals surface area (Å²) in [6.45, 7) is 7.40. The molecule has 0 atom stereocenters. The normalized spacial score (nSPS) is 14.7. The Morgan fingerprint density at radius 3 is 2.75 bits per heavy atom. The number of rotatable bonds is 8. The molecule has 1 fully saturated rings. The van der Waals surface area contributed by atoms with Gasteiger partial charge in [0.2, 0.25) is 5.91 Å². The Morgan fingerprint density at radius 2 is 2.06 bits per heavy atom. The second-order valence-corrected chi connectivity index (χ2v) is 7.94. The van der Waals surface area contributed by atoms with Crippen LogP contribution < -0.4 is 10.6 Å². The first-order valence-corrected chi connectivity index (χ1v) is 11.3. The number of aryl methyl sites for hydroxylation is 1. The molecule has 9 heteroatoms. The molecule has 0 saturated carbocycles. The van der Waals surface area contributed by atoms with Gasteiger partial charge in [-0.25, -0.2) is 4.99 Å². The molecular weight excluding hydrogens is 519 g/mol. The summed E-state index contributed by atoms with van der Waals surface area (Å²) >= 11 is 0. The third kappa shape index (κ3) is 7.46. The first-order chi connectivity index (χ1) is 15.1. The number of likely N-dealkylation sites (tertiary alicyclic amines) is 1. The molecule has 176 valence electrons. The number of nitrogens with zero attached hydrogens (tertiary/aromatic N) is 4. The lowest BCUT2D eigenvalue weighted by Gasteiger charge is -2.34. The number of benzene rings is 1. The van der Waals surface area contributed by atoms with Crippen LogP contribution in [0.2, 0.25) is 0 Å². The number of halogens is 1. The van der Waals surface area contributed by atoms with Crippen LogP contribution in [0.4, 0.5) is 0 Å². The van der Waals surface area contributed by atoms with Gasteiger partial charge < -0.3 is 20.1 Å². The van der Waals surface area contributed by atoms with E-state index in [0.29, 0.717) is 24.8 Å². The summed E-state index contributed by atoms with van der Waals surface area (Å²) in [5.41, 5.74) is 2.01. The second kappa shape index (κ2) is 13.4. The van der Waals surface area contributed by atoms with Crippen LogP contribution in [-0.4, -0.2) is 53.6 Å². The van der Waals surface area contributed by atoms with Gasteiger partial charge in [-0.05, 0) is 49.8 Å². The predicted octanol–water partition coefficient (Wildman–Crippen LogP) is 3.62. The van der Waals surface area contributed by atoms with Gasteiger partial charge in [0, 0.05) is 45.1 Å². The van der Waals surface area contributed by atoms with Crippen LogP contribution in [0.5, 0.6) is 0 Å². The van der Waals surface area contributed by atoms with Crippen molar-refractivity contribution in [2.75, 3.05) is 26.7 Å². The van der Waals surface area contributed by atoms with E-state index in [0.717, 1.165) is 68.2 Å². The van der Waals surface area contributed by atoms with Gasteiger partial charge in [-0.3, -0.25) is 4.79 Å². The highest BCUT2D eigenvalue weighted by atomic mass is 127. The molecule has 2 aromatic rings. The molecule has 2 N–H and O–H groups in total. The maximum absolute atomic E-state index is 11.6. The monoisotopic (exact) mass is 554 g/mol. The van der Waals surface area contributed by atoms with Gasteiger partial charge in [0.15, 0.2) is 11.8 Å². The SMILES string of the molecule is CCCc1noc(-c2cccc(CN=C(NCC)N3CCC(CC(=O)NC)CC3)c2)n1.I. The molecule has 1 aliphatic heterocycles. The fourth-order valence-electron chi connectivity index (χ4n) is 3.80. The van der Waals surface area contributed by atoms with Crippen LogP contribution in [0.25, 0.3) is 11.5 Å². The number of aliphatic imine (C=N–C) groups is 1. The van der Waals surface area contributed by atoms with E-state index in [1.54, 1.807) is 7.05 Å². The average molecular weight is 554 g/mol. The highest BCUT2D eigenvalue weighted by Crippen LogP contribution is 2.22. The summed E-state index contributed by atoms with van der Waals surface area (Å²) in [5.74, 6) is 2.80. The first-order valence-electron chi connectivity index (χ1n) is 11.3. The molecule has 0 unspecified atom stereocenters. The summed E-state index contributed by atoms with van der Waals surface area (Å²) in [5, 5.41) is 10.2. The third-order valence-corrected chi connectivity index (χ3v) is 5.53. The zero-order valence-corrected chi connectivity index (χ0v) is 21.6. The van der Waals surface area contributed by atoms with Crippen LogP contribution >= 0.6 is 24.0 Å². The zero-order chi connectivity index (χ0) is 22.1. The van der Waals surface area contributed by atoms with E-state index < -0.39 is 0 Å². The molecule has 1 saturated heterocycles. The summed E-state index contributed by atoms with van der Waals surface area (Å²) in [4.78, 5) is 23.3. The van der Waals surface area contributed by atoms with Crippen molar-refractivity contribution in [3.8, 4) is 11.5 Å². The number of piperidine rings is 1. The Balaban J connectivity index is 0.00000363. The Labute approximate surface area is 207 Å². The molecule has 8 nitrogen and oxygen atoms in total. The lowest BCUT2D eigenvalue weighted by Crippen LogP contribution is -2.46. The molecule has 0 spiro atoms. The molecule has 0 aliphatic carbocycles. The van der Waals surface area contributed by atoms with Gasteiger partial charge in [-0.2, -0.15) is 4.98 Å². The van der Waals surface area contributed by atoms with Crippen molar-refractivity contribution in [2.45, 2.75) is 52.5 Å². The molecule has 1 aliphatic rings. The lowest BCUT2D eigenvalue weighted by atomic mass is 9.93. The van der Waals surface area contributed by atoms with Crippen molar-refractivity contribution in [1.29, 1.82) is 0 Å². The summed E-state index contributed by atoms with van der Waals surface area (Å²) in [6, 6.07) is 8.11. The zero-order valence-electron chi connectivity index (χ0n) is 19.3. The van der Waals surface area contributed by atoms with Crippen LogP contribution in [0.1, 0.15) is 50.9 Å². The van der Waals surface area contributed by atoms with E-state index in [2.05, 4.69) is 51.7 Å². The van der Waals surface area contributed by atoms with Gasteiger partial charge in [0.25, 0.3) is 5.89 Å².